The third-order valence-corrected chi connectivity index (χ3v) is 4.01. The third-order valence-electron chi connectivity index (χ3n) is 4.01. The first-order valence-corrected chi connectivity index (χ1v) is 8.12. The third kappa shape index (κ3) is 5.08. The van der Waals surface area contributed by atoms with Crippen LogP contribution in [0.15, 0.2) is 48.5 Å². The predicted octanol–water partition coefficient (Wildman–Crippen LogP) is 3.10. The Hall–Kier alpha value is -2.82. The fourth-order valence-corrected chi connectivity index (χ4v) is 2.47. The molecule has 0 radical (unpaired) electrons. The van der Waals surface area contributed by atoms with E-state index in [9.17, 15) is 9.59 Å². The highest BCUT2D eigenvalue weighted by Gasteiger charge is 2.20. The van der Waals surface area contributed by atoms with Crippen molar-refractivity contribution in [2.45, 2.75) is 19.4 Å². The first-order valence-electron chi connectivity index (χ1n) is 8.12. The standard InChI is InChI=1S/C20H24N2O3/c1-14-8-10-15(11-9-14)18(13-19(23)25-4)21-20(24)16-6-5-7-17(12-16)22(2)3/h5-12,18H,13H2,1-4H3,(H,21,24). The number of anilines is 1. The van der Waals surface area contributed by atoms with Crippen LogP contribution in [0.1, 0.15) is 33.9 Å². The van der Waals surface area contributed by atoms with Crippen LogP contribution in [0.4, 0.5) is 5.69 Å². The smallest absolute Gasteiger partial charge is 0.307 e. The summed E-state index contributed by atoms with van der Waals surface area (Å²) in [6.07, 6.45) is 0.0820. The first kappa shape index (κ1) is 18.5. The van der Waals surface area contributed by atoms with Crippen LogP contribution in [-0.2, 0) is 9.53 Å². The molecule has 0 spiro atoms. The van der Waals surface area contributed by atoms with Crippen molar-refractivity contribution in [1.82, 2.24) is 5.32 Å². The van der Waals surface area contributed by atoms with E-state index in [-0.39, 0.29) is 18.3 Å². The number of amides is 1. The Bertz CT molecular complexity index is 739. The monoisotopic (exact) mass is 340 g/mol. The van der Waals surface area contributed by atoms with Gasteiger partial charge < -0.3 is 15.0 Å². The minimum atomic E-state index is -0.441. The van der Waals surface area contributed by atoms with E-state index < -0.39 is 6.04 Å². The Balaban J connectivity index is 2.23. The molecule has 1 N–H and O–H groups in total. The van der Waals surface area contributed by atoms with E-state index in [0.717, 1.165) is 16.8 Å². The molecule has 2 aromatic rings. The lowest BCUT2D eigenvalue weighted by molar-refractivity contribution is -0.141. The zero-order chi connectivity index (χ0) is 18.4. The van der Waals surface area contributed by atoms with E-state index in [1.54, 1.807) is 6.07 Å². The van der Waals surface area contributed by atoms with Gasteiger partial charge in [-0.05, 0) is 30.7 Å². The Kier molecular flexibility index (Phi) is 6.17. The summed E-state index contributed by atoms with van der Waals surface area (Å²) in [4.78, 5) is 26.3. The van der Waals surface area contributed by atoms with Crippen molar-refractivity contribution in [1.29, 1.82) is 0 Å². The molecule has 0 aromatic heterocycles. The van der Waals surface area contributed by atoms with Crippen molar-refractivity contribution in [3.8, 4) is 0 Å². The van der Waals surface area contributed by atoms with Gasteiger partial charge in [-0.2, -0.15) is 0 Å². The van der Waals surface area contributed by atoms with Crippen LogP contribution >= 0.6 is 0 Å². The van der Waals surface area contributed by atoms with Gasteiger partial charge in [0.25, 0.3) is 5.91 Å². The Morgan fingerprint density at radius 2 is 1.80 bits per heavy atom. The van der Waals surface area contributed by atoms with Gasteiger partial charge in [-0.25, -0.2) is 0 Å². The molecule has 0 saturated carbocycles. The Morgan fingerprint density at radius 1 is 1.12 bits per heavy atom. The molecular weight excluding hydrogens is 316 g/mol. The molecule has 132 valence electrons. The zero-order valence-corrected chi connectivity index (χ0v) is 15.1. The van der Waals surface area contributed by atoms with Crippen LogP contribution in [0, 0.1) is 6.92 Å². The molecule has 25 heavy (non-hydrogen) atoms. The summed E-state index contributed by atoms with van der Waals surface area (Å²) in [5, 5.41) is 2.94. The van der Waals surface area contributed by atoms with Crippen molar-refractivity contribution in [2.24, 2.45) is 0 Å². The largest absolute Gasteiger partial charge is 0.469 e. The number of esters is 1. The fraction of sp³-hybridized carbons (Fsp3) is 0.300. The number of aryl methyl sites for hydroxylation is 1. The predicted molar refractivity (Wildman–Crippen MR) is 98.8 cm³/mol. The molecule has 0 fully saturated rings. The lowest BCUT2D eigenvalue weighted by Gasteiger charge is -2.19. The molecule has 2 rings (SSSR count). The molecule has 0 saturated heterocycles. The van der Waals surface area contributed by atoms with Crippen LogP contribution in [0.25, 0.3) is 0 Å². The molecule has 1 amide bonds. The lowest BCUT2D eigenvalue weighted by Crippen LogP contribution is -2.30. The maximum atomic E-state index is 12.7. The normalized spacial score (nSPS) is 11.5. The Morgan fingerprint density at radius 3 is 2.40 bits per heavy atom. The number of benzene rings is 2. The molecule has 5 heteroatoms. The molecule has 1 unspecified atom stereocenters. The van der Waals surface area contributed by atoms with Crippen LogP contribution in [0.2, 0.25) is 0 Å². The van der Waals surface area contributed by atoms with Gasteiger partial charge in [0.1, 0.15) is 0 Å². The van der Waals surface area contributed by atoms with Crippen LogP contribution in [-0.4, -0.2) is 33.1 Å². The maximum Gasteiger partial charge on any atom is 0.307 e. The number of methoxy groups -OCH3 is 1. The van der Waals surface area contributed by atoms with E-state index in [1.807, 2.05) is 68.4 Å². The molecule has 0 heterocycles. The molecule has 0 aliphatic carbocycles. The topological polar surface area (TPSA) is 58.6 Å². The summed E-state index contributed by atoms with van der Waals surface area (Å²) in [5.41, 5.74) is 3.47. The summed E-state index contributed by atoms with van der Waals surface area (Å²) < 4.78 is 4.77. The van der Waals surface area contributed by atoms with Crippen molar-refractivity contribution in [2.75, 3.05) is 26.1 Å². The van der Waals surface area contributed by atoms with E-state index >= 15 is 0 Å². The molecule has 0 bridgehead atoms. The van der Waals surface area contributed by atoms with Gasteiger partial charge in [-0.15, -0.1) is 0 Å². The number of hydrogen-bond acceptors (Lipinski definition) is 4. The number of nitrogens with one attached hydrogen (secondary N) is 1. The summed E-state index contributed by atoms with van der Waals surface area (Å²) in [6, 6.07) is 14.7. The summed E-state index contributed by atoms with van der Waals surface area (Å²) in [6.45, 7) is 1.99. The van der Waals surface area contributed by atoms with E-state index in [4.69, 9.17) is 4.74 Å². The summed E-state index contributed by atoms with van der Waals surface area (Å²) >= 11 is 0. The second kappa shape index (κ2) is 8.33. The maximum absolute atomic E-state index is 12.7. The first-order chi connectivity index (χ1) is 11.9. The molecule has 5 nitrogen and oxygen atoms in total. The molecule has 1 atom stereocenters. The van der Waals surface area contributed by atoms with Gasteiger partial charge in [0, 0.05) is 25.3 Å². The van der Waals surface area contributed by atoms with E-state index in [2.05, 4.69) is 5.32 Å². The quantitative estimate of drug-likeness (QED) is 0.821. The van der Waals surface area contributed by atoms with Gasteiger partial charge in [0.05, 0.1) is 19.6 Å². The van der Waals surface area contributed by atoms with Gasteiger partial charge in [0.2, 0.25) is 0 Å². The SMILES string of the molecule is COC(=O)CC(NC(=O)c1cccc(N(C)C)c1)c1ccc(C)cc1. The fourth-order valence-electron chi connectivity index (χ4n) is 2.47. The minimum absolute atomic E-state index is 0.0820. The van der Waals surface area contributed by atoms with Crippen LogP contribution < -0.4 is 10.2 Å². The van der Waals surface area contributed by atoms with Gasteiger partial charge in [0.15, 0.2) is 0 Å². The Labute approximate surface area is 148 Å². The summed E-state index contributed by atoms with van der Waals surface area (Å²) in [5.74, 6) is -0.592. The van der Waals surface area contributed by atoms with Crippen molar-refractivity contribution >= 4 is 17.6 Å². The number of hydrogen-bond donors (Lipinski definition) is 1. The highest BCUT2D eigenvalue weighted by Crippen LogP contribution is 2.20. The lowest BCUT2D eigenvalue weighted by atomic mass is 10.0. The average Bonchev–Trinajstić information content (AvgIpc) is 2.61. The molecule has 0 aliphatic heterocycles. The zero-order valence-electron chi connectivity index (χ0n) is 15.1. The number of carbonyl (C=O) groups is 2. The second-order valence-corrected chi connectivity index (χ2v) is 6.16. The van der Waals surface area contributed by atoms with Gasteiger partial charge in [-0.1, -0.05) is 35.9 Å². The highest BCUT2D eigenvalue weighted by molar-refractivity contribution is 5.95. The van der Waals surface area contributed by atoms with Crippen LogP contribution in [0.5, 0.6) is 0 Å². The number of carbonyl (C=O) groups excluding carboxylic acids is 2. The van der Waals surface area contributed by atoms with E-state index in [1.165, 1.54) is 7.11 Å². The van der Waals surface area contributed by atoms with Crippen molar-refractivity contribution < 1.29 is 14.3 Å². The van der Waals surface area contributed by atoms with Crippen molar-refractivity contribution in [3.05, 3.63) is 65.2 Å². The van der Waals surface area contributed by atoms with Crippen molar-refractivity contribution in [3.63, 3.8) is 0 Å². The highest BCUT2D eigenvalue weighted by atomic mass is 16.5. The number of rotatable bonds is 6. The summed E-state index contributed by atoms with van der Waals surface area (Å²) in [7, 11) is 5.18. The van der Waals surface area contributed by atoms with Crippen LogP contribution in [0.3, 0.4) is 0 Å². The average molecular weight is 340 g/mol. The molecule has 2 aromatic carbocycles. The van der Waals surface area contributed by atoms with Gasteiger partial charge >= 0.3 is 5.97 Å². The minimum Gasteiger partial charge on any atom is -0.469 e. The molecule has 0 aliphatic rings. The second-order valence-electron chi connectivity index (χ2n) is 6.16. The van der Waals surface area contributed by atoms with E-state index in [0.29, 0.717) is 5.56 Å². The number of ether oxygens (including phenoxy) is 1. The molecular formula is C20H24N2O3. The number of nitrogens with zero attached hydrogens (tertiary/aromatic N) is 1. The van der Waals surface area contributed by atoms with Gasteiger partial charge in [-0.3, -0.25) is 9.59 Å².